The molecule has 3 aromatic rings. The van der Waals surface area contributed by atoms with Crippen molar-refractivity contribution in [1.29, 1.82) is 0 Å². The predicted molar refractivity (Wildman–Crippen MR) is 74.8 cm³/mol. The topological polar surface area (TPSA) is 93.5 Å². The van der Waals surface area contributed by atoms with Crippen LogP contribution in [0.1, 0.15) is 10.5 Å². The molecule has 0 aliphatic carbocycles. The fraction of sp³-hybridized carbons (Fsp3) is 0. The van der Waals surface area contributed by atoms with Gasteiger partial charge in [0.05, 0.1) is 0 Å². The number of anilines is 1. The summed E-state index contributed by atoms with van der Waals surface area (Å²) in [7, 11) is 0. The highest BCUT2D eigenvalue weighted by atomic mass is 35.5. The highest BCUT2D eigenvalue weighted by molar-refractivity contribution is 6.30. The van der Waals surface area contributed by atoms with Crippen LogP contribution in [-0.2, 0) is 0 Å². The van der Waals surface area contributed by atoms with E-state index in [1.54, 1.807) is 36.4 Å². The van der Waals surface area contributed by atoms with Gasteiger partial charge in [-0.25, -0.2) is 9.31 Å². The summed E-state index contributed by atoms with van der Waals surface area (Å²) in [4.78, 5) is 15.5. The molecule has 0 unspecified atom stereocenters. The number of hydrogen-bond donors (Lipinski definition) is 2. The van der Waals surface area contributed by atoms with Crippen molar-refractivity contribution < 1.29 is 9.90 Å². The molecule has 100 valence electrons. The van der Waals surface area contributed by atoms with Crippen LogP contribution < -0.4 is 5.73 Å². The molecule has 0 aliphatic heterocycles. The lowest BCUT2D eigenvalue weighted by atomic mass is 10.0. The minimum atomic E-state index is -1.12. The summed E-state index contributed by atoms with van der Waals surface area (Å²) < 4.78 is 1.22. The van der Waals surface area contributed by atoms with Gasteiger partial charge in [0.2, 0.25) is 5.95 Å². The van der Waals surface area contributed by atoms with Gasteiger partial charge in [0, 0.05) is 10.6 Å². The van der Waals surface area contributed by atoms with E-state index in [9.17, 15) is 9.90 Å². The Bertz CT molecular complexity index is 828. The number of fused-ring (bicyclic) bond motifs is 1. The van der Waals surface area contributed by atoms with Crippen molar-refractivity contribution in [2.45, 2.75) is 0 Å². The molecule has 7 heteroatoms. The highest BCUT2D eigenvalue weighted by Gasteiger charge is 2.18. The molecule has 2 heterocycles. The average Bonchev–Trinajstić information content (AvgIpc) is 2.77. The van der Waals surface area contributed by atoms with Gasteiger partial charge in [-0.15, -0.1) is 5.10 Å². The smallest absolute Gasteiger partial charge is 0.355 e. The summed E-state index contributed by atoms with van der Waals surface area (Å²) in [6, 6.07) is 10.3. The molecule has 1 aromatic carbocycles. The molecule has 0 radical (unpaired) electrons. The van der Waals surface area contributed by atoms with Gasteiger partial charge < -0.3 is 10.8 Å². The lowest BCUT2D eigenvalue weighted by molar-refractivity contribution is 0.0688. The Labute approximate surface area is 118 Å². The van der Waals surface area contributed by atoms with E-state index in [4.69, 9.17) is 17.3 Å². The molecule has 2 aromatic heterocycles. The predicted octanol–water partition coefficient (Wildman–Crippen LogP) is 2.33. The lowest BCUT2D eigenvalue weighted by Crippen LogP contribution is -2.09. The quantitative estimate of drug-likeness (QED) is 0.755. The molecule has 0 amide bonds. The number of aromatic carboxylic acids is 1. The van der Waals surface area contributed by atoms with Gasteiger partial charge in [0.25, 0.3) is 0 Å². The summed E-state index contributed by atoms with van der Waals surface area (Å²) in [5.41, 5.74) is 7.07. The zero-order chi connectivity index (χ0) is 14.3. The standard InChI is InChI=1S/C13H9ClN4O2/c14-8-3-1-2-7(6-8)9-4-5-10-16-13(15)17-18(10)11(9)12(19)20/h1-6H,(H2,15,17)(H,19,20). The van der Waals surface area contributed by atoms with Crippen molar-refractivity contribution in [1.82, 2.24) is 14.6 Å². The normalized spacial score (nSPS) is 10.8. The summed E-state index contributed by atoms with van der Waals surface area (Å²) >= 11 is 5.95. The van der Waals surface area contributed by atoms with E-state index in [-0.39, 0.29) is 11.6 Å². The van der Waals surface area contributed by atoms with Gasteiger partial charge in [-0.3, -0.25) is 0 Å². The van der Waals surface area contributed by atoms with E-state index in [1.165, 1.54) is 4.52 Å². The van der Waals surface area contributed by atoms with E-state index >= 15 is 0 Å². The maximum atomic E-state index is 11.5. The van der Waals surface area contributed by atoms with Gasteiger partial charge >= 0.3 is 5.97 Å². The molecule has 0 bridgehead atoms. The molecular weight excluding hydrogens is 280 g/mol. The Kier molecular flexibility index (Phi) is 2.80. The number of carbonyl (C=O) groups is 1. The first-order valence-electron chi connectivity index (χ1n) is 5.71. The number of rotatable bonds is 2. The summed E-state index contributed by atoms with van der Waals surface area (Å²) in [5, 5.41) is 13.9. The number of nitrogens with two attached hydrogens (primary N) is 1. The van der Waals surface area contributed by atoms with Crippen LogP contribution in [0, 0.1) is 0 Å². The first-order chi connectivity index (χ1) is 9.56. The maximum absolute atomic E-state index is 11.5. The fourth-order valence-electron chi connectivity index (χ4n) is 2.06. The molecule has 3 rings (SSSR count). The van der Waals surface area contributed by atoms with Crippen molar-refractivity contribution in [3.8, 4) is 11.1 Å². The molecule has 0 saturated carbocycles. The summed E-state index contributed by atoms with van der Waals surface area (Å²) in [6.07, 6.45) is 0. The number of hydrogen-bond acceptors (Lipinski definition) is 4. The second-order valence-electron chi connectivity index (χ2n) is 4.15. The number of carboxylic acid groups (broad SMARTS) is 1. The number of aromatic nitrogens is 3. The minimum Gasteiger partial charge on any atom is -0.476 e. The molecule has 0 spiro atoms. The van der Waals surface area contributed by atoms with Gasteiger partial charge in [0.1, 0.15) is 0 Å². The number of nitrogens with zero attached hydrogens (tertiary/aromatic N) is 3. The molecule has 0 fully saturated rings. The van der Waals surface area contributed by atoms with Crippen LogP contribution in [0.5, 0.6) is 0 Å². The Morgan fingerprint density at radius 2 is 2.10 bits per heavy atom. The molecule has 0 atom stereocenters. The van der Waals surface area contributed by atoms with Crippen molar-refractivity contribution in [3.05, 3.63) is 47.1 Å². The van der Waals surface area contributed by atoms with Crippen LogP contribution in [-0.4, -0.2) is 25.7 Å². The molecule has 0 aliphatic rings. The maximum Gasteiger partial charge on any atom is 0.355 e. The van der Waals surface area contributed by atoms with Crippen LogP contribution >= 0.6 is 11.6 Å². The highest BCUT2D eigenvalue weighted by Crippen LogP contribution is 2.27. The van der Waals surface area contributed by atoms with Gasteiger partial charge in [-0.1, -0.05) is 23.7 Å². The minimum absolute atomic E-state index is 0.00559. The van der Waals surface area contributed by atoms with E-state index in [0.717, 1.165) is 0 Å². The third-order valence-electron chi connectivity index (χ3n) is 2.85. The van der Waals surface area contributed by atoms with Gasteiger partial charge in [-0.05, 0) is 29.8 Å². The monoisotopic (exact) mass is 288 g/mol. The van der Waals surface area contributed by atoms with E-state index in [0.29, 0.717) is 21.8 Å². The second kappa shape index (κ2) is 4.50. The molecule has 20 heavy (non-hydrogen) atoms. The Balaban J connectivity index is 2.35. The van der Waals surface area contributed by atoms with Crippen LogP contribution in [0.2, 0.25) is 5.02 Å². The third kappa shape index (κ3) is 1.96. The summed E-state index contributed by atoms with van der Waals surface area (Å²) in [6.45, 7) is 0. The largest absolute Gasteiger partial charge is 0.476 e. The van der Waals surface area contributed by atoms with Crippen LogP contribution in [0.3, 0.4) is 0 Å². The van der Waals surface area contributed by atoms with Crippen LogP contribution in [0.4, 0.5) is 5.95 Å². The zero-order valence-corrected chi connectivity index (χ0v) is 10.9. The number of pyridine rings is 1. The first-order valence-corrected chi connectivity index (χ1v) is 6.08. The number of carboxylic acids is 1. The van der Waals surface area contributed by atoms with Crippen molar-refractivity contribution in [3.63, 3.8) is 0 Å². The van der Waals surface area contributed by atoms with Crippen LogP contribution in [0.15, 0.2) is 36.4 Å². The fourth-order valence-corrected chi connectivity index (χ4v) is 2.25. The molecule has 6 nitrogen and oxygen atoms in total. The molecular formula is C13H9ClN4O2. The number of halogens is 1. The van der Waals surface area contributed by atoms with Crippen LogP contribution in [0.25, 0.3) is 16.8 Å². The first kappa shape index (κ1) is 12.4. The summed E-state index contributed by atoms with van der Waals surface area (Å²) in [5.74, 6) is -1.09. The molecule has 3 N–H and O–H groups in total. The zero-order valence-electron chi connectivity index (χ0n) is 10.1. The van der Waals surface area contributed by atoms with Crippen molar-refractivity contribution in [2.24, 2.45) is 0 Å². The number of benzene rings is 1. The van der Waals surface area contributed by atoms with E-state index < -0.39 is 5.97 Å². The number of nitrogen functional groups attached to an aromatic ring is 1. The SMILES string of the molecule is Nc1nc2ccc(-c3cccc(Cl)c3)c(C(=O)O)n2n1. The molecule has 0 saturated heterocycles. The second-order valence-corrected chi connectivity index (χ2v) is 4.59. The van der Waals surface area contributed by atoms with E-state index in [2.05, 4.69) is 10.1 Å². The average molecular weight is 289 g/mol. The lowest BCUT2D eigenvalue weighted by Gasteiger charge is -2.08. The van der Waals surface area contributed by atoms with Crippen molar-refractivity contribution >= 4 is 29.2 Å². The van der Waals surface area contributed by atoms with E-state index in [1.807, 2.05) is 0 Å². The van der Waals surface area contributed by atoms with Crippen molar-refractivity contribution in [2.75, 3.05) is 5.73 Å². The Morgan fingerprint density at radius 3 is 2.80 bits per heavy atom. The van der Waals surface area contributed by atoms with Gasteiger partial charge in [0.15, 0.2) is 11.3 Å². The Morgan fingerprint density at radius 1 is 1.30 bits per heavy atom. The third-order valence-corrected chi connectivity index (χ3v) is 3.09. The van der Waals surface area contributed by atoms with Gasteiger partial charge in [-0.2, -0.15) is 4.98 Å². The Hall–Kier alpha value is -2.60.